The third kappa shape index (κ3) is 2.64. The van der Waals surface area contributed by atoms with Crippen molar-refractivity contribution in [3.05, 3.63) is 39.9 Å². The average molecular weight is 258 g/mol. The number of nitrogens with zero attached hydrogens (tertiary/aromatic N) is 1. The van der Waals surface area contributed by atoms with Crippen molar-refractivity contribution in [1.82, 2.24) is 0 Å². The molecule has 0 radical (unpaired) electrons. The zero-order valence-corrected chi connectivity index (χ0v) is 8.68. The van der Waals surface area contributed by atoms with E-state index in [1.54, 1.807) is 0 Å². The SMILES string of the molecule is N#CCC=Cc1c(F)cc(Br)cc1F. The molecule has 0 aliphatic heterocycles. The van der Waals surface area contributed by atoms with Crippen molar-refractivity contribution in [2.45, 2.75) is 6.42 Å². The largest absolute Gasteiger partial charge is 0.206 e. The standard InChI is InChI=1S/C10H6BrF2N/c11-7-5-9(12)8(10(13)6-7)3-1-2-4-14/h1,3,5-6H,2H2. The maximum Gasteiger partial charge on any atom is 0.134 e. The molecule has 1 rings (SSSR count). The van der Waals surface area contributed by atoms with Crippen molar-refractivity contribution in [3.8, 4) is 6.07 Å². The van der Waals surface area contributed by atoms with E-state index in [0.717, 1.165) is 0 Å². The third-order valence-electron chi connectivity index (χ3n) is 1.54. The Bertz CT molecular complexity index is 384. The fourth-order valence-corrected chi connectivity index (χ4v) is 1.34. The van der Waals surface area contributed by atoms with Crippen LogP contribution < -0.4 is 0 Å². The Morgan fingerprint density at radius 1 is 1.36 bits per heavy atom. The summed E-state index contributed by atoms with van der Waals surface area (Å²) in [5, 5.41) is 8.23. The van der Waals surface area contributed by atoms with Crippen molar-refractivity contribution in [1.29, 1.82) is 5.26 Å². The van der Waals surface area contributed by atoms with Gasteiger partial charge < -0.3 is 0 Å². The lowest BCUT2D eigenvalue weighted by atomic mass is 10.2. The van der Waals surface area contributed by atoms with E-state index >= 15 is 0 Å². The van der Waals surface area contributed by atoms with Crippen LogP contribution in [0.2, 0.25) is 0 Å². The van der Waals surface area contributed by atoms with Crippen LogP contribution in [0, 0.1) is 23.0 Å². The van der Waals surface area contributed by atoms with Gasteiger partial charge in [0.05, 0.1) is 12.5 Å². The van der Waals surface area contributed by atoms with Gasteiger partial charge in [-0.15, -0.1) is 0 Å². The van der Waals surface area contributed by atoms with Crippen molar-refractivity contribution in [2.75, 3.05) is 0 Å². The summed E-state index contributed by atoms with van der Waals surface area (Å²) < 4.78 is 26.6. The Kier molecular flexibility index (Phi) is 3.78. The quantitative estimate of drug-likeness (QED) is 0.794. The van der Waals surface area contributed by atoms with Gasteiger partial charge in [0.25, 0.3) is 0 Å². The van der Waals surface area contributed by atoms with E-state index in [0.29, 0.717) is 4.47 Å². The number of hydrogen-bond donors (Lipinski definition) is 0. The monoisotopic (exact) mass is 257 g/mol. The van der Waals surface area contributed by atoms with Gasteiger partial charge in [0.15, 0.2) is 0 Å². The summed E-state index contributed by atoms with van der Waals surface area (Å²) in [6.07, 6.45) is 2.81. The van der Waals surface area contributed by atoms with E-state index in [9.17, 15) is 8.78 Å². The number of allylic oxidation sites excluding steroid dienone is 1. The van der Waals surface area contributed by atoms with Crippen molar-refractivity contribution < 1.29 is 8.78 Å². The molecule has 0 saturated carbocycles. The van der Waals surface area contributed by atoms with Gasteiger partial charge in [0.1, 0.15) is 11.6 Å². The molecule has 1 aromatic rings. The Morgan fingerprint density at radius 2 is 1.93 bits per heavy atom. The van der Waals surface area contributed by atoms with Crippen LogP contribution in [0.1, 0.15) is 12.0 Å². The van der Waals surface area contributed by atoms with Gasteiger partial charge in [-0.05, 0) is 12.1 Å². The summed E-state index contributed by atoms with van der Waals surface area (Å²) >= 11 is 2.97. The molecule has 72 valence electrons. The molecule has 0 atom stereocenters. The van der Waals surface area contributed by atoms with E-state index in [4.69, 9.17) is 5.26 Å². The summed E-state index contributed by atoms with van der Waals surface area (Å²) in [6.45, 7) is 0. The smallest absolute Gasteiger partial charge is 0.134 e. The summed E-state index contributed by atoms with van der Waals surface area (Å²) in [5.74, 6) is -1.29. The molecular formula is C10H6BrF2N. The molecule has 0 bridgehead atoms. The van der Waals surface area contributed by atoms with Gasteiger partial charge in [-0.25, -0.2) is 8.78 Å². The predicted octanol–water partition coefficient (Wildman–Crippen LogP) is 3.65. The number of halogens is 3. The van der Waals surface area contributed by atoms with Gasteiger partial charge in [-0.2, -0.15) is 5.26 Å². The van der Waals surface area contributed by atoms with Gasteiger partial charge in [0.2, 0.25) is 0 Å². The zero-order valence-electron chi connectivity index (χ0n) is 7.10. The van der Waals surface area contributed by atoms with Crippen LogP contribution in [0.5, 0.6) is 0 Å². The highest BCUT2D eigenvalue weighted by Crippen LogP contribution is 2.20. The zero-order chi connectivity index (χ0) is 10.6. The van der Waals surface area contributed by atoms with E-state index in [2.05, 4.69) is 15.9 Å². The maximum absolute atomic E-state index is 13.1. The number of hydrogen-bond acceptors (Lipinski definition) is 1. The minimum atomic E-state index is -0.647. The second-order valence-corrected chi connectivity index (χ2v) is 3.46. The lowest BCUT2D eigenvalue weighted by molar-refractivity contribution is 0.577. The first-order chi connectivity index (χ1) is 6.65. The highest BCUT2D eigenvalue weighted by Gasteiger charge is 2.06. The normalized spacial score (nSPS) is 10.4. The van der Waals surface area contributed by atoms with Crippen molar-refractivity contribution in [3.63, 3.8) is 0 Å². The van der Waals surface area contributed by atoms with Crippen LogP contribution in [0.4, 0.5) is 8.78 Å². The van der Waals surface area contributed by atoms with E-state index in [1.807, 2.05) is 6.07 Å². The highest BCUT2D eigenvalue weighted by molar-refractivity contribution is 9.10. The van der Waals surface area contributed by atoms with E-state index in [-0.39, 0.29) is 12.0 Å². The van der Waals surface area contributed by atoms with Gasteiger partial charge >= 0.3 is 0 Å². The number of benzene rings is 1. The first kappa shape index (κ1) is 10.9. The molecule has 0 heterocycles. The van der Waals surface area contributed by atoms with Crippen LogP contribution in [0.25, 0.3) is 6.08 Å². The topological polar surface area (TPSA) is 23.8 Å². The van der Waals surface area contributed by atoms with E-state index < -0.39 is 11.6 Å². The first-order valence-electron chi connectivity index (χ1n) is 3.83. The van der Waals surface area contributed by atoms with E-state index in [1.165, 1.54) is 24.3 Å². The molecular weight excluding hydrogens is 252 g/mol. The Labute approximate surface area is 88.8 Å². The molecule has 1 nitrogen and oxygen atoms in total. The molecule has 4 heteroatoms. The molecule has 0 spiro atoms. The lowest BCUT2D eigenvalue weighted by Gasteiger charge is -1.99. The second-order valence-electron chi connectivity index (χ2n) is 2.55. The van der Waals surface area contributed by atoms with Crippen LogP contribution >= 0.6 is 15.9 Å². The Balaban J connectivity index is 3.04. The maximum atomic E-state index is 13.1. The van der Waals surface area contributed by atoms with Crippen molar-refractivity contribution >= 4 is 22.0 Å². The third-order valence-corrected chi connectivity index (χ3v) is 2.00. The van der Waals surface area contributed by atoms with Crippen LogP contribution in [-0.2, 0) is 0 Å². The molecule has 0 aromatic heterocycles. The minimum Gasteiger partial charge on any atom is -0.206 e. The molecule has 0 saturated heterocycles. The summed E-state index contributed by atoms with van der Waals surface area (Å²) in [5.41, 5.74) is -0.122. The predicted molar refractivity (Wildman–Crippen MR) is 53.3 cm³/mol. The van der Waals surface area contributed by atoms with Crippen LogP contribution in [0.3, 0.4) is 0 Å². The second kappa shape index (κ2) is 4.87. The fourth-order valence-electron chi connectivity index (χ4n) is 0.942. The van der Waals surface area contributed by atoms with Crippen LogP contribution in [-0.4, -0.2) is 0 Å². The van der Waals surface area contributed by atoms with Crippen molar-refractivity contribution in [2.24, 2.45) is 0 Å². The average Bonchev–Trinajstić information content (AvgIpc) is 2.09. The molecule has 0 amide bonds. The lowest BCUT2D eigenvalue weighted by Crippen LogP contribution is -1.88. The molecule has 14 heavy (non-hydrogen) atoms. The molecule has 0 aliphatic carbocycles. The Hall–Kier alpha value is -1.21. The fraction of sp³-hybridized carbons (Fsp3) is 0.100. The minimum absolute atomic E-state index is 0.122. The van der Waals surface area contributed by atoms with Gasteiger partial charge in [-0.1, -0.05) is 28.1 Å². The van der Waals surface area contributed by atoms with Gasteiger partial charge in [0, 0.05) is 10.0 Å². The Morgan fingerprint density at radius 3 is 2.43 bits per heavy atom. The highest BCUT2D eigenvalue weighted by atomic mass is 79.9. The molecule has 0 fully saturated rings. The summed E-state index contributed by atoms with van der Waals surface area (Å²) in [6, 6.07) is 4.20. The molecule has 0 N–H and O–H groups in total. The molecule has 0 aliphatic rings. The molecule has 1 aromatic carbocycles. The van der Waals surface area contributed by atoms with Crippen LogP contribution in [0.15, 0.2) is 22.7 Å². The number of nitriles is 1. The summed E-state index contributed by atoms with van der Waals surface area (Å²) in [4.78, 5) is 0. The van der Waals surface area contributed by atoms with Gasteiger partial charge in [-0.3, -0.25) is 0 Å². The summed E-state index contributed by atoms with van der Waals surface area (Å²) in [7, 11) is 0. The first-order valence-corrected chi connectivity index (χ1v) is 4.62. The molecule has 0 unspecified atom stereocenters. The number of rotatable bonds is 2.